The molecule has 3 aromatic rings. The van der Waals surface area contributed by atoms with Crippen LogP contribution in [0.2, 0.25) is 0 Å². The summed E-state index contributed by atoms with van der Waals surface area (Å²) >= 11 is 3.38. The van der Waals surface area contributed by atoms with E-state index in [0.29, 0.717) is 17.2 Å². The molecule has 6 heteroatoms. The highest BCUT2D eigenvalue weighted by molar-refractivity contribution is 9.10. The van der Waals surface area contributed by atoms with Crippen molar-refractivity contribution in [1.29, 1.82) is 0 Å². The van der Waals surface area contributed by atoms with E-state index in [9.17, 15) is 4.79 Å². The summed E-state index contributed by atoms with van der Waals surface area (Å²) in [5, 5.41) is 16.0. The summed E-state index contributed by atoms with van der Waals surface area (Å²) in [5.41, 5.74) is 1.79. The number of halogens is 1. The molecule has 1 aromatic heterocycles. The van der Waals surface area contributed by atoms with Crippen LogP contribution in [-0.2, 0) is 0 Å². The highest BCUT2D eigenvalue weighted by Gasteiger charge is 2.10. The molecule has 0 aliphatic heterocycles. The number of benzene rings is 2. The minimum atomic E-state index is -0.968. The molecule has 21 heavy (non-hydrogen) atoms. The van der Waals surface area contributed by atoms with Gasteiger partial charge in [-0.2, -0.15) is 5.10 Å². The number of hydrogen-bond donors (Lipinski definition) is 2. The molecule has 0 amide bonds. The van der Waals surface area contributed by atoms with Crippen LogP contribution in [0, 0.1) is 0 Å². The number of nitrogens with one attached hydrogen (secondary N) is 1. The Kier molecular flexibility index (Phi) is 3.53. The zero-order valence-corrected chi connectivity index (χ0v) is 12.3. The summed E-state index contributed by atoms with van der Waals surface area (Å²) in [6.45, 7) is 0. The van der Waals surface area contributed by atoms with Crippen molar-refractivity contribution in [3.05, 3.63) is 58.6 Å². The number of H-pyrrole nitrogens is 1. The average Bonchev–Trinajstić information content (AvgIpc) is 2.98. The van der Waals surface area contributed by atoms with Gasteiger partial charge in [-0.1, -0.05) is 40.2 Å². The third-order valence-corrected chi connectivity index (χ3v) is 3.50. The lowest BCUT2D eigenvalue weighted by Gasteiger charge is -1.98. The van der Waals surface area contributed by atoms with Gasteiger partial charge in [-0.05, 0) is 24.3 Å². The van der Waals surface area contributed by atoms with Crippen molar-refractivity contribution in [2.24, 2.45) is 0 Å². The molecule has 0 radical (unpaired) electrons. The summed E-state index contributed by atoms with van der Waals surface area (Å²) in [4.78, 5) is 15.4. The number of aromatic carboxylic acids is 1. The predicted molar refractivity (Wildman–Crippen MR) is 81.9 cm³/mol. The first-order chi connectivity index (χ1) is 10.1. The van der Waals surface area contributed by atoms with E-state index >= 15 is 0 Å². The van der Waals surface area contributed by atoms with Gasteiger partial charge in [0.15, 0.2) is 11.6 Å². The van der Waals surface area contributed by atoms with E-state index in [4.69, 9.17) is 5.11 Å². The quantitative estimate of drug-likeness (QED) is 0.761. The van der Waals surface area contributed by atoms with Crippen molar-refractivity contribution in [3.63, 3.8) is 0 Å². The summed E-state index contributed by atoms with van der Waals surface area (Å²) in [6, 6.07) is 14.2. The first-order valence-corrected chi connectivity index (χ1v) is 6.95. The SMILES string of the molecule is O=C(O)c1cccc(-c2nc(-c3ccc(Br)cc3)n[nH]2)c1. The van der Waals surface area contributed by atoms with Crippen LogP contribution in [-0.4, -0.2) is 26.3 Å². The summed E-state index contributed by atoms with van der Waals surface area (Å²) < 4.78 is 0.983. The Labute approximate surface area is 128 Å². The van der Waals surface area contributed by atoms with Crippen molar-refractivity contribution in [2.45, 2.75) is 0 Å². The largest absolute Gasteiger partial charge is 0.478 e. The second kappa shape index (κ2) is 5.49. The van der Waals surface area contributed by atoms with E-state index in [1.807, 2.05) is 24.3 Å². The standard InChI is InChI=1S/C15H10BrN3O2/c16-12-6-4-9(5-7-12)13-17-14(19-18-13)10-2-1-3-11(8-10)15(20)21/h1-8H,(H,20,21)(H,17,18,19). The van der Waals surface area contributed by atoms with Crippen molar-refractivity contribution < 1.29 is 9.90 Å². The Bertz CT molecular complexity index is 797. The van der Waals surface area contributed by atoms with E-state index in [2.05, 4.69) is 31.1 Å². The molecule has 2 aromatic carbocycles. The molecular formula is C15H10BrN3O2. The van der Waals surface area contributed by atoms with E-state index < -0.39 is 5.97 Å². The van der Waals surface area contributed by atoms with Crippen LogP contribution >= 0.6 is 15.9 Å². The Hall–Kier alpha value is -2.47. The Balaban J connectivity index is 1.96. The molecule has 2 N–H and O–H groups in total. The summed E-state index contributed by atoms with van der Waals surface area (Å²) in [5.74, 6) is 0.138. The van der Waals surface area contributed by atoms with Crippen LogP contribution in [0.25, 0.3) is 22.8 Å². The zero-order valence-electron chi connectivity index (χ0n) is 10.7. The van der Waals surface area contributed by atoms with E-state index in [0.717, 1.165) is 10.0 Å². The topological polar surface area (TPSA) is 78.9 Å². The van der Waals surface area contributed by atoms with Crippen LogP contribution in [0.1, 0.15) is 10.4 Å². The van der Waals surface area contributed by atoms with Crippen LogP contribution < -0.4 is 0 Å². The number of aromatic nitrogens is 3. The van der Waals surface area contributed by atoms with Gasteiger partial charge in [-0.15, -0.1) is 0 Å². The molecule has 0 saturated carbocycles. The monoisotopic (exact) mass is 343 g/mol. The summed E-state index contributed by atoms with van der Waals surface area (Å²) in [6.07, 6.45) is 0. The van der Waals surface area contributed by atoms with Gasteiger partial charge in [0, 0.05) is 15.6 Å². The number of rotatable bonds is 3. The fourth-order valence-electron chi connectivity index (χ4n) is 1.92. The first-order valence-electron chi connectivity index (χ1n) is 6.15. The lowest BCUT2D eigenvalue weighted by Crippen LogP contribution is -1.96. The number of carboxylic acid groups (broad SMARTS) is 1. The average molecular weight is 344 g/mol. The van der Waals surface area contributed by atoms with Crippen molar-refractivity contribution >= 4 is 21.9 Å². The third-order valence-electron chi connectivity index (χ3n) is 2.97. The highest BCUT2D eigenvalue weighted by atomic mass is 79.9. The molecule has 3 rings (SSSR count). The number of carboxylic acids is 1. The van der Waals surface area contributed by atoms with Gasteiger partial charge in [0.25, 0.3) is 0 Å². The van der Waals surface area contributed by atoms with Crippen LogP contribution in [0.4, 0.5) is 0 Å². The van der Waals surface area contributed by atoms with Crippen LogP contribution in [0.15, 0.2) is 53.0 Å². The lowest BCUT2D eigenvalue weighted by atomic mass is 10.1. The fraction of sp³-hybridized carbons (Fsp3) is 0. The van der Waals surface area contributed by atoms with Crippen LogP contribution in [0.5, 0.6) is 0 Å². The highest BCUT2D eigenvalue weighted by Crippen LogP contribution is 2.22. The molecule has 0 unspecified atom stereocenters. The van der Waals surface area contributed by atoms with Crippen molar-refractivity contribution in [1.82, 2.24) is 15.2 Å². The van der Waals surface area contributed by atoms with Gasteiger partial charge >= 0.3 is 5.97 Å². The van der Waals surface area contributed by atoms with E-state index in [1.54, 1.807) is 18.2 Å². The van der Waals surface area contributed by atoms with Crippen LogP contribution in [0.3, 0.4) is 0 Å². The molecule has 0 aliphatic rings. The molecule has 1 heterocycles. The fourth-order valence-corrected chi connectivity index (χ4v) is 2.18. The number of carbonyl (C=O) groups is 1. The summed E-state index contributed by atoms with van der Waals surface area (Å²) in [7, 11) is 0. The second-order valence-electron chi connectivity index (χ2n) is 4.40. The van der Waals surface area contributed by atoms with Crippen molar-refractivity contribution in [2.75, 3.05) is 0 Å². The molecule has 0 fully saturated rings. The van der Waals surface area contributed by atoms with Gasteiger partial charge < -0.3 is 5.11 Å². The van der Waals surface area contributed by atoms with Crippen molar-refractivity contribution in [3.8, 4) is 22.8 Å². The molecule has 0 spiro atoms. The molecular weight excluding hydrogens is 334 g/mol. The van der Waals surface area contributed by atoms with Gasteiger partial charge in [-0.25, -0.2) is 9.78 Å². The molecule has 104 valence electrons. The number of hydrogen-bond acceptors (Lipinski definition) is 3. The molecule has 0 saturated heterocycles. The van der Waals surface area contributed by atoms with Gasteiger partial charge in [-0.3, -0.25) is 5.10 Å². The Morgan fingerprint density at radius 3 is 2.57 bits per heavy atom. The first kappa shape index (κ1) is 13.5. The van der Waals surface area contributed by atoms with E-state index in [-0.39, 0.29) is 5.56 Å². The predicted octanol–water partition coefficient (Wildman–Crippen LogP) is 3.60. The van der Waals surface area contributed by atoms with E-state index in [1.165, 1.54) is 6.07 Å². The Morgan fingerprint density at radius 2 is 1.86 bits per heavy atom. The Morgan fingerprint density at radius 1 is 1.10 bits per heavy atom. The smallest absolute Gasteiger partial charge is 0.335 e. The normalized spacial score (nSPS) is 10.5. The maximum Gasteiger partial charge on any atom is 0.335 e. The minimum absolute atomic E-state index is 0.217. The minimum Gasteiger partial charge on any atom is -0.478 e. The maximum atomic E-state index is 11.0. The second-order valence-corrected chi connectivity index (χ2v) is 5.32. The number of aromatic amines is 1. The number of nitrogens with zero attached hydrogens (tertiary/aromatic N) is 2. The lowest BCUT2D eigenvalue weighted by molar-refractivity contribution is 0.0697. The molecule has 0 aliphatic carbocycles. The molecule has 0 atom stereocenters. The zero-order chi connectivity index (χ0) is 14.8. The van der Waals surface area contributed by atoms with Gasteiger partial charge in [0.2, 0.25) is 0 Å². The molecule has 0 bridgehead atoms. The molecule has 5 nitrogen and oxygen atoms in total. The third kappa shape index (κ3) is 2.85. The van der Waals surface area contributed by atoms with Gasteiger partial charge in [0.1, 0.15) is 0 Å². The van der Waals surface area contributed by atoms with Gasteiger partial charge in [0.05, 0.1) is 5.56 Å². The maximum absolute atomic E-state index is 11.0.